The second kappa shape index (κ2) is 6.86. The Morgan fingerprint density at radius 3 is 2.72 bits per heavy atom. The quantitative estimate of drug-likeness (QED) is 0.831. The molecule has 0 amide bonds. The molecule has 2 fully saturated rings. The highest BCUT2D eigenvalue weighted by Gasteiger charge is 2.42. The van der Waals surface area contributed by atoms with Gasteiger partial charge in [-0.2, -0.15) is 4.98 Å². The van der Waals surface area contributed by atoms with Crippen molar-refractivity contribution in [2.45, 2.75) is 44.2 Å². The second-order valence-electron chi connectivity index (χ2n) is 7.52. The summed E-state index contributed by atoms with van der Waals surface area (Å²) < 4.78 is 5.39. The molecule has 1 aromatic heterocycles. The first-order valence-electron chi connectivity index (χ1n) is 9.06. The molecule has 2 aromatic rings. The van der Waals surface area contributed by atoms with Crippen molar-refractivity contribution in [1.29, 1.82) is 0 Å². The Balaban J connectivity index is 1.46. The van der Waals surface area contributed by atoms with Crippen molar-refractivity contribution in [2.24, 2.45) is 5.41 Å². The summed E-state index contributed by atoms with van der Waals surface area (Å²) >= 11 is 0. The fourth-order valence-electron chi connectivity index (χ4n) is 3.79. The van der Waals surface area contributed by atoms with E-state index in [9.17, 15) is 10.2 Å². The van der Waals surface area contributed by atoms with Crippen LogP contribution in [0.3, 0.4) is 0 Å². The Bertz CT molecular complexity index is 701. The zero-order valence-corrected chi connectivity index (χ0v) is 14.3. The Hall–Kier alpha value is -1.76. The van der Waals surface area contributed by atoms with Gasteiger partial charge in [0.2, 0.25) is 5.89 Å². The molecule has 6 heteroatoms. The van der Waals surface area contributed by atoms with E-state index in [1.807, 2.05) is 30.3 Å². The van der Waals surface area contributed by atoms with Gasteiger partial charge in [0, 0.05) is 24.4 Å². The average Bonchev–Trinajstić information content (AvgIpc) is 3.38. The number of benzene rings is 1. The number of rotatable bonds is 6. The molecule has 0 bridgehead atoms. The number of likely N-dealkylation sites (tertiary alicyclic amines) is 1. The van der Waals surface area contributed by atoms with Crippen LogP contribution in [0.25, 0.3) is 0 Å². The summed E-state index contributed by atoms with van der Waals surface area (Å²) in [7, 11) is 0. The van der Waals surface area contributed by atoms with Crippen LogP contribution < -0.4 is 0 Å². The largest absolute Gasteiger partial charge is 0.396 e. The van der Waals surface area contributed by atoms with Crippen molar-refractivity contribution in [1.82, 2.24) is 15.0 Å². The lowest BCUT2D eigenvalue weighted by atomic mass is 9.73. The first kappa shape index (κ1) is 16.7. The van der Waals surface area contributed by atoms with E-state index in [0.29, 0.717) is 37.7 Å². The zero-order chi connectivity index (χ0) is 17.3. The highest BCUT2D eigenvalue weighted by molar-refractivity contribution is 5.18. The van der Waals surface area contributed by atoms with Gasteiger partial charge in [-0.25, -0.2) is 0 Å². The summed E-state index contributed by atoms with van der Waals surface area (Å²) in [4.78, 5) is 6.70. The van der Waals surface area contributed by atoms with E-state index >= 15 is 0 Å². The van der Waals surface area contributed by atoms with Gasteiger partial charge in [0.25, 0.3) is 0 Å². The maximum atomic E-state index is 10.6. The van der Waals surface area contributed by atoms with Crippen LogP contribution in [-0.4, -0.2) is 51.1 Å². The van der Waals surface area contributed by atoms with Crippen LogP contribution in [-0.2, 0) is 13.0 Å². The minimum absolute atomic E-state index is 0.0449. The van der Waals surface area contributed by atoms with Crippen LogP contribution in [0.1, 0.15) is 42.5 Å². The first-order chi connectivity index (χ1) is 12.2. The van der Waals surface area contributed by atoms with E-state index in [0.717, 1.165) is 30.8 Å². The highest BCUT2D eigenvalue weighted by atomic mass is 16.5. The molecule has 2 aliphatic rings. The number of aromatic nitrogens is 2. The third-order valence-corrected chi connectivity index (χ3v) is 5.46. The lowest BCUT2D eigenvalue weighted by Gasteiger charge is -2.45. The molecule has 134 valence electrons. The molecule has 0 radical (unpaired) electrons. The number of hydrogen-bond acceptors (Lipinski definition) is 6. The molecule has 0 unspecified atom stereocenters. The van der Waals surface area contributed by atoms with Gasteiger partial charge in [-0.05, 0) is 31.2 Å². The van der Waals surface area contributed by atoms with Crippen molar-refractivity contribution < 1.29 is 14.7 Å². The standard InChI is InChI=1S/C19H25N3O3/c23-13-19(10-14-4-2-1-3-5-14)12-22(9-8-16(19)24)11-17-20-18(21-25-17)15-6-7-15/h1-5,15-16,23-24H,6-13H2/t16-,19+/m0/s1. The number of piperidine rings is 1. The van der Waals surface area contributed by atoms with Gasteiger partial charge in [-0.15, -0.1) is 0 Å². The molecule has 1 saturated heterocycles. The van der Waals surface area contributed by atoms with E-state index in [4.69, 9.17) is 4.52 Å². The van der Waals surface area contributed by atoms with Crippen LogP contribution in [0.5, 0.6) is 0 Å². The van der Waals surface area contributed by atoms with E-state index in [-0.39, 0.29) is 6.61 Å². The summed E-state index contributed by atoms with van der Waals surface area (Å²) in [6.45, 7) is 1.90. The maximum absolute atomic E-state index is 10.6. The van der Waals surface area contributed by atoms with Gasteiger partial charge in [-0.1, -0.05) is 35.5 Å². The van der Waals surface area contributed by atoms with Crippen LogP contribution in [0.4, 0.5) is 0 Å². The summed E-state index contributed by atoms with van der Waals surface area (Å²) in [5.74, 6) is 1.94. The number of nitrogens with zero attached hydrogens (tertiary/aromatic N) is 3. The second-order valence-corrected chi connectivity index (χ2v) is 7.52. The Kier molecular flexibility index (Phi) is 4.58. The van der Waals surface area contributed by atoms with E-state index in [1.54, 1.807) is 0 Å². The molecule has 2 N–H and O–H groups in total. The van der Waals surface area contributed by atoms with Crippen LogP contribution in [0.15, 0.2) is 34.9 Å². The van der Waals surface area contributed by atoms with Crippen molar-refractivity contribution in [3.63, 3.8) is 0 Å². The summed E-state index contributed by atoms with van der Waals surface area (Å²) in [5, 5.41) is 24.8. The molecule has 6 nitrogen and oxygen atoms in total. The van der Waals surface area contributed by atoms with Gasteiger partial charge in [0.05, 0.1) is 19.3 Å². The molecule has 1 aliphatic carbocycles. The van der Waals surface area contributed by atoms with Gasteiger partial charge >= 0.3 is 0 Å². The Morgan fingerprint density at radius 2 is 2.00 bits per heavy atom. The minimum atomic E-state index is -0.557. The topological polar surface area (TPSA) is 82.6 Å². The monoisotopic (exact) mass is 343 g/mol. The Labute approximate surface area is 147 Å². The number of hydrogen-bond donors (Lipinski definition) is 2. The maximum Gasteiger partial charge on any atom is 0.240 e. The average molecular weight is 343 g/mol. The smallest absolute Gasteiger partial charge is 0.240 e. The zero-order valence-electron chi connectivity index (χ0n) is 14.3. The molecule has 1 saturated carbocycles. The van der Waals surface area contributed by atoms with Gasteiger partial charge in [-0.3, -0.25) is 4.90 Å². The minimum Gasteiger partial charge on any atom is -0.396 e. The predicted octanol–water partition coefficient (Wildman–Crippen LogP) is 1.73. The lowest BCUT2D eigenvalue weighted by Crippen LogP contribution is -2.54. The number of aliphatic hydroxyl groups excluding tert-OH is 2. The molecular formula is C19H25N3O3. The third-order valence-electron chi connectivity index (χ3n) is 5.46. The summed E-state index contributed by atoms with van der Waals surface area (Å²) in [6, 6.07) is 10.0. The Morgan fingerprint density at radius 1 is 1.20 bits per heavy atom. The molecule has 4 rings (SSSR count). The molecule has 0 spiro atoms. The van der Waals surface area contributed by atoms with Crippen LogP contribution in [0.2, 0.25) is 0 Å². The van der Waals surface area contributed by atoms with Crippen molar-refractivity contribution in [3.05, 3.63) is 47.6 Å². The fourth-order valence-corrected chi connectivity index (χ4v) is 3.79. The molecule has 2 atom stereocenters. The fraction of sp³-hybridized carbons (Fsp3) is 0.579. The van der Waals surface area contributed by atoms with E-state index in [2.05, 4.69) is 15.0 Å². The summed E-state index contributed by atoms with van der Waals surface area (Å²) in [5.41, 5.74) is 0.574. The van der Waals surface area contributed by atoms with Crippen molar-refractivity contribution in [3.8, 4) is 0 Å². The van der Waals surface area contributed by atoms with Gasteiger partial charge in [0.1, 0.15) is 0 Å². The van der Waals surface area contributed by atoms with Crippen LogP contribution in [0, 0.1) is 5.41 Å². The first-order valence-corrected chi connectivity index (χ1v) is 9.06. The van der Waals surface area contributed by atoms with E-state index < -0.39 is 11.5 Å². The van der Waals surface area contributed by atoms with Crippen molar-refractivity contribution in [2.75, 3.05) is 19.7 Å². The van der Waals surface area contributed by atoms with Gasteiger partial charge in [0.15, 0.2) is 5.82 Å². The molecule has 1 aliphatic heterocycles. The summed E-state index contributed by atoms with van der Waals surface area (Å²) in [6.07, 6.45) is 3.08. The van der Waals surface area contributed by atoms with Crippen LogP contribution >= 0.6 is 0 Å². The molecule has 1 aromatic carbocycles. The molecule has 2 heterocycles. The van der Waals surface area contributed by atoms with Gasteiger partial charge < -0.3 is 14.7 Å². The lowest BCUT2D eigenvalue weighted by molar-refractivity contribution is -0.0784. The number of aliphatic hydroxyl groups is 2. The highest BCUT2D eigenvalue weighted by Crippen LogP contribution is 2.38. The van der Waals surface area contributed by atoms with E-state index in [1.165, 1.54) is 0 Å². The predicted molar refractivity (Wildman–Crippen MR) is 91.8 cm³/mol. The third kappa shape index (κ3) is 3.61. The molecule has 25 heavy (non-hydrogen) atoms. The molecular weight excluding hydrogens is 318 g/mol. The SMILES string of the molecule is OC[C@@]1(Cc2ccccc2)CN(Cc2nc(C3CC3)no2)CC[C@@H]1O. The normalized spacial score (nSPS) is 27.5. The van der Waals surface area contributed by atoms with Crippen molar-refractivity contribution >= 4 is 0 Å².